The van der Waals surface area contributed by atoms with Crippen LogP contribution in [0.2, 0.25) is 0 Å². The molecular weight excluding hydrogens is 308 g/mol. The standard InChI is InChI=1S/C18H28N2O4/c1-13-16(5-4-6-17(13)22)18(23)20-10-14(15(11-20)12-21)9-19(2)7-8-24-3/h4-6,14-15,21-22H,7-12H2,1-3H3/t14-,15-/m1/s1. The molecule has 0 aromatic heterocycles. The van der Waals surface area contributed by atoms with Crippen molar-refractivity contribution in [2.45, 2.75) is 6.92 Å². The van der Waals surface area contributed by atoms with Gasteiger partial charge in [0.15, 0.2) is 0 Å². The van der Waals surface area contributed by atoms with Gasteiger partial charge in [-0.25, -0.2) is 0 Å². The first-order valence-electron chi connectivity index (χ1n) is 8.34. The molecule has 1 amide bonds. The Morgan fingerprint density at radius 2 is 2.08 bits per heavy atom. The van der Waals surface area contributed by atoms with E-state index < -0.39 is 0 Å². The zero-order chi connectivity index (χ0) is 17.7. The monoisotopic (exact) mass is 336 g/mol. The highest BCUT2D eigenvalue weighted by Crippen LogP contribution is 2.27. The molecule has 6 nitrogen and oxygen atoms in total. The first-order valence-corrected chi connectivity index (χ1v) is 8.34. The van der Waals surface area contributed by atoms with E-state index in [1.165, 1.54) is 0 Å². The molecule has 6 heteroatoms. The highest BCUT2D eigenvalue weighted by atomic mass is 16.5. The van der Waals surface area contributed by atoms with Gasteiger partial charge in [0.2, 0.25) is 0 Å². The zero-order valence-electron chi connectivity index (χ0n) is 14.7. The summed E-state index contributed by atoms with van der Waals surface area (Å²) in [5.41, 5.74) is 1.13. The Hall–Kier alpha value is -1.63. The topological polar surface area (TPSA) is 73.2 Å². The molecule has 1 aliphatic heterocycles. The fourth-order valence-electron chi connectivity index (χ4n) is 3.28. The Labute approximate surface area is 143 Å². The van der Waals surface area contributed by atoms with Crippen molar-refractivity contribution < 1.29 is 19.7 Å². The molecule has 0 bridgehead atoms. The summed E-state index contributed by atoms with van der Waals surface area (Å²) in [5, 5.41) is 19.5. The van der Waals surface area contributed by atoms with Crippen LogP contribution < -0.4 is 0 Å². The number of carbonyl (C=O) groups excluding carboxylic acids is 1. The van der Waals surface area contributed by atoms with Crippen molar-refractivity contribution in [2.24, 2.45) is 11.8 Å². The number of aliphatic hydroxyl groups is 1. The minimum absolute atomic E-state index is 0.0750. The molecule has 1 aromatic rings. The van der Waals surface area contributed by atoms with Gasteiger partial charge in [0.1, 0.15) is 5.75 Å². The van der Waals surface area contributed by atoms with Crippen LogP contribution in [0, 0.1) is 18.8 Å². The van der Waals surface area contributed by atoms with Crippen molar-refractivity contribution in [3.63, 3.8) is 0 Å². The van der Waals surface area contributed by atoms with Gasteiger partial charge in [-0.15, -0.1) is 0 Å². The van der Waals surface area contributed by atoms with Crippen molar-refractivity contribution in [1.82, 2.24) is 9.80 Å². The first-order chi connectivity index (χ1) is 11.5. The number of phenols is 1. The van der Waals surface area contributed by atoms with Crippen LogP contribution in [0.5, 0.6) is 5.75 Å². The maximum Gasteiger partial charge on any atom is 0.254 e. The molecular formula is C18H28N2O4. The fraction of sp³-hybridized carbons (Fsp3) is 0.611. The molecule has 0 aliphatic carbocycles. The number of amides is 1. The summed E-state index contributed by atoms with van der Waals surface area (Å²) < 4.78 is 5.09. The average Bonchev–Trinajstić information content (AvgIpc) is 2.97. The van der Waals surface area contributed by atoms with Gasteiger partial charge >= 0.3 is 0 Å². The van der Waals surface area contributed by atoms with Crippen molar-refractivity contribution in [2.75, 3.05) is 53.6 Å². The lowest BCUT2D eigenvalue weighted by molar-refractivity contribution is 0.0777. The first kappa shape index (κ1) is 18.7. The van der Waals surface area contributed by atoms with Gasteiger partial charge in [0.05, 0.1) is 6.61 Å². The van der Waals surface area contributed by atoms with Gasteiger partial charge in [-0.2, -0.15) is 0 Å². The number of phenolic OH excluding ortho intramolecular Hbond substituents is 1. The molecule has 2 N–H and O–H groups in total. The van der Waals surface area contributed by atoms with E-state index in [1.54, 1.807) is 37.1 Å². The third-order valence-corrected chi connectivity index (χ3v) is 4.86. The highest BCUT2D eigenvalue weighted by Gasteiger charge is 2.36. The fourth-order valence-corrected chi connectivity index (χ4v) is 3.28. The van der Waals surface area contributed by atoms with E-state index in [4.69, 9.17) is 4.74 Å². The number of benzene rings is 1. The highest BCUT2D eigenvalue weighted by molar-refractivity contribution is 5.96. The summed E-state index contributed by atoms with van der Waals surface area (Å²) in [6, 6.07) is 5.01. The summed E-state index contributed by atoms with van der Waals surface area (Å²) in [7, 11) is 3.70. The normalized spacial score (nSPS) is 20.8. The SMILES string of the molecule is COCCN(C)C[C@@H]1CN(C(=O)c2cccc(O)c2C)C[C@@H]1CO. The second kappa shape index (κ2) is 8.46. The van der Waals surface area contributed by atoms with Gasteiger partial charge in [-0.05, 0) is 32.0 Å². The summed E-state index contributed by atoms with van der Waals surface area (Å²) in [4.78, 5) is 16.7. The number of methoxy groups -OCH3 is 1. The molecule has 0 unspecified atom stereocenters. The summed E-state index contributed by atoms with van der Waals surface area (Å²) >= 11 is 0. The second-order valence-corrected chi connectivity index (χ2v) is 6.62. The quantitative estimate of drug-likeness (QED) is 0.776. The van der Waals surface area contributed by atoms with Crippen LogP contribution in [0.3, 0.4) is 0 Å². The van der Waals surface area contributed by atoms with E-state index in [0.717, 1.165) is 13.1 Å². The number of likely N-dealkylation sites (N-methyl/N-ethyl adjacent to an activating group) is 1. The Kier molecular flexibility index (Phi) is 6.60. The van der Waals surface area contributed by atoms with Gasteiger partial charge in [0, 0.05) is 56.9 Å². The molecule has 2 rings (SSSR count). The number of hydrogen-bond acceptors (Lipinski definition) is 5. The predicted molar refractivity (Wildman–Crippen MR) is 92.2 cm³/mol. The molecule has 24 heavy (non-hydrogen) atoms. The largest absolute Gasteiger partial charge is 0.508 e. The Morgan fingerprint density at radius 1 is 1.38 bits per heavy atom. The molecule has 134 valence electrons. The third kappa shape index (κ3) is 4.26. The second-order valence-electron chi connectivity index (χ2n) is 6.62. The Bertz CT molecular complexity index is 564. The molecule has 1 aromatic carbocycles. The van der Waals surface area contributed by atoms with E-state index in [1.807, 2.05) is 7.05 Å². The average molecular weight is 336 g/mol. The third-order valence-electron chi connectivity index (χ3n) is 4.86. The van der Waals surface area contributed by atoms with Crippen LogP contribution in [-0.2, 0) is 4.74 Å². The predicted octanol–water partition coefficient (Wildman–Crippen LogP) is 0.959. The minimum atomic E-state index is -0.0797. The number of likely N-dealkylation sites (tertiary alicyclic amines) is 1. The Balaban J connectivity index is 2.05. The zero-order valence-corrected chi connectivity index (χ0v) is 14.7. The van der Waals surface area contributed by atoms with E-state index in [-0.39, 0.29) is 30.1 Å². The van der Waals surface area contributed by atoms with E-state index >= 15 is 0 Å². The molecule has 0 spiro atoms. The lowest BCUT2D eigenvalue weighted by atomic mass is 9.96. The Morgan fingerprint density at radius 3 is 2.75 bits per heavy atom. The molecule has 2 atom stereocenters. The van der Waals surface area contributed by atoms with Crippen molar-refractivity contribution in [1.29, 1.82) is 0 Å². The molecule has 1 heterocycles. The smallest absolute Gasteiger partial charge is 0.254 e. The maximum atomic E-state index is 12.8. The molecule has 1 fully saturated rings. The lowest BCUT2D eigenvalue weighted by Crippen LogP contribution is -2.34. The number of nitrogens with zero attached hydrogens (tertiary/aromatic N) is 2. The van der Waals surface area contributed by atoms with Crippen molar-refractivity contribution >= 4 is 5.91 Å². The molecule has 1 aliphatic rings. The number of carbonyl (C=O) groups is 1. The molecule has 0 saturated carbocycles. The van der Waals surface area contributed by atoms with Crippen LogP contribution in [-0.4, -0.2) is 79.5 Å². The van der Waals surface area contributed by atoms with E-state index in [0.29, 0.717) is 30.8 Å². The van der Waals surface area contributed by atoms with E-state index in [9.17, 15) is 15.0 Å². The minimum Gasteiger partial charge on any atom is -0.508 e. The summed E-state index contributed by atoms with van der Waals surface area (Å²) in [6.45, 7) is 5.30. The van der Waals surface area contributed by atoms with Crippen LogP contribution in [0.1, 0.15) is 15.9 Å². The van der Waals surface area contributed by atoms with Gasteiger partial charge < -0.3 is 24.7 Å². The van der Waals surface area contributed by atoms with Crippen LogP contribution in [0.15, 0.2) is 18.2 Å². The molecule has 0 radical (unpaired) electrons. The van der Waals surface area contributed by atoms with Crippen LogP contribution in [0.4, 0.5) is 0 Å². The molecule has 1 saturated heterocycles. The number of hydrogen-bond donors (Lipinski definition) is 2. The summed E-state index contributed by atoms with van der Waals surface area (Å²) in [5.74, 6) is 0.369. The number of aromatic hydroxyl groups is 1. The van der Waals surface area contributed by atoms with E-state index in [2.05, 4.69) is 4.90 Å². The summed E-state index contributed by atoms with van der Waals surface area (Å²) in [6.07, 6.45) is 0. The van der Waals surface area contributed by atoms with Crippen LogP contribution in [0.25, 0.3) is 0 Å². The maximum absolute atomic E-state index is 12.8. The van der Waals surface area contributed by atoms with Crippen molar-refractivity contribution in [3.05, 3.63) is 29.3 Å². The lowest BCUT2D eigenvalue weighted by Gasteiger charge is -2.23. The number of rotatable bonds is 7. The number of ether oxygens (including phenoxy) is 1. The van der Waals surface area contributed by atoms with Crippen LogP contribution >= 0.6 is 0 Å². The van der Waals surface area contributed by atoms with Gasteiger partial charge in [0.25, 0.3) is 5.91 Å². The van der Waals surface area contributed by atoms with Crippen molar-refractivity contribution in [3.8, 4) is 5.75 Å². The number of aliphatic hydroxyl groups excluding tert-OH is 1. The van der Waals surface area contributed by atoms with Gasteiger partial charge in [-0.3, -0.25) is 4.79 Å². The van der Waals surface area contributed by atoms with Gasteiger partial charge in [-0.1, -0.05) is 6.07 Å².